The van der Waals surface area contributed by atoms with Crippen LogP contribution in [-0.4, -0.2) is 23.7 Å². The lowest BCUT2D eigenvalue weighted by molar-refractivity contribution is -0.151. The van der Waals surface area contributed by atoms with Gasteiger partial charge in [0.25, 0.3) is 5.91 Å². The highest BCUT2D eigenvalue weighted by atomic mass is 16.5. The van der Waals surface area contributed by atoms with Crippen molar-refractivity contribution in [3.05, 3.63) is 35.9 Å². The number of nitrogens with one attached hydrogen (secondary N) is 1. The number of ketones is 1. The van der Waals surface area contributed by atoms with E-state index in [-0.39, 0.29) is 12.5 Å². The number of rotatable bonds is 8. The normalized spacial score (nSPS) is 13.3. The summed E-state index contributed by atoms with van der Waals surface area (Å²) in [5.74, 6) is -2.32. The van der Waals surface area contributed by atoms with Crippen LogP contribution in [-0.2, 0) is 25.7 Å². The summed E-state index contributed by atoms with van der Waals surface area (Å²) in [6.45, 7) is 7.19. The van der Waals surface area contributed by atoms with Crippen LogP contribution in [0.1, 0.15) is 39.7 Å². The fraction of sp³-hybridized carbons (Fsp3) is 0.500. The third kappa shape index (κ3) is 5.85. The maximum atomic E-state index is 12.3. The second-order valence-corrected chi connectivity index (χ2v) is 5.95. The molecule has 5 nitrogen and oxygen atoms in total. The summed E-state index contributed by atoms with van der Waals surface area (Å²) < 4.78 is 5.29. The molecule has 0 fully saturated rings. The van der Waals surface area contributed by atoms with E-state index in [9.17, 15) is 14.4 Å². The fourth-order valence-corrected chi connectivity index (χ4v) is 1.96. The molecule has 126 valence electrons. The van der Waals surface area contributed by atoms with Gasteiger partial charge in [0.15, 0.2) is 0 Å². The second kappa shape index (κ2) is 9.08. The molecule has 0 unspecified atom stereocenters. The van der Waals surface area contributed by atoms with Crippen LogP contribution >= 0.6 is 0 Å². The largest absolute Gasteiger partial charge is 0.459 e. The van der Waals surface area contributed by atoms with Gasteiger partial charge in [0.2, 0.25) is 5.78 Å². The Bertz CT molecular complexity index is 539. The zero-order chi connectivity index (χ0) is 17.4. The lowest BCUT2D eigenvalue weighted by Crippen LogP contribution is -2.49. The van der Waals surface area contributed by atoms with Crippen LogP contribution in [0, 0.1) is 11.8 Å². The number of carbonyl (C=O) groups is 3. The van der Waals surface area contributed by atoms with Crippen LogP contribution in [0.15, 0.2) is 30.3 Å². The van der Waals surface area contributed by atoms with Gasteiger partial charge in [-0.25, -0.2) is 4.79 Å². The van der Waals surface area contributed by atoms with Crippen LogP contribution < -0.4 is 5.32 Å². The van der Waals surface area contributed by atoms with E-state index >= 15 is 0 Å². The van der Waals surface area contributed by atoms with E-state index < -0.39 is 29.6 Å². The van der Waals surface area contributed by atoms with E-state index in [0.29, 0.717) is 6.42 Å². The van der Waals surface area contributed by atoms with Crippen LogP contribution in [0.3, 0.4) is 0 Å². The molecule has 0 aromatic heterocycles. The zero-order valence-electron chi connectivity index (χ0n) is 14.2. The summed E-state index contributed by atoms with van der Waals surface area (Å²) in [7, 11) is 0. The highest BCUT2D eigenvalue weighted by molar-refractivity contribution is 6.37. The van der Waals surface area contributed by atoms with Crippen molar-refractivity contribution in [2.75, 3.05) is 0 Å². The molecular formula is C18H25NO4. The Morgan fingerprint density at radius 3 is 2.22 bits per heavy atom. The Kier molecular flexibility index (Phi) is 7.45. The van der Waals surface area contributed by atoms with Gasteiger partial charge in [0.1, 0.15) is 12.6 Å². The quantitative estimate of drug-likeness (QED) is 0.590. The molecule has 0 saturated carbocycles. The van der Waals surface area contributed by atoms with Crippen molar-refractivity contribution in [2.24, 2.45) is 11.8 Å². The summed E-state index contributed by atoms with van der Waals surface area (Å²) in [4.78, 5) is 35.9. The number of hydrogen-bond donors (Lipinski definition) is 1. The SMILES string of the molecule is CC[C@H](C)[C@H](NC(=O)C(=O)C(C)C)C(=O)OCc1ccccc1. The number of carbonyl (C=O) groups excluding carboxylic acids is 3. The highest BCUT2D eigenvalue weighted by Crippen LogP contribution is 2.11. The minimum absolute atomic E-state index is 0.123. The van der Waals surface area contributed by atoms with Gasteiger partial charge in [0.05, 0.1) is 0 Å². The molecule has 0 radical (unpaired) electrons. The van der Waals surface area contributed by atoms with Gasteiger partial charge in [-0.15, -0.1) is 0 Å². The van der Waals surface area contributed by atoms with Crippen LogP contribution in [0.2, 0.25) is 0 Å². The maximum Gasteiger partial charge on any atom is 0.329 e. The van der Waals surface area contributed by atoms with Gasteiger partial charge < -0.3 is 10.1 Å². The van der Waals surface area contributed by atoms with Crippen LogP contribution in [0.5, 0.6) is 0 Å². The maximum absolute atomic E-state index is 12.3. The number of Topliss-reactive ketones (excluding diaryl/α,β-unsaturated/α-hetero) is 1. The van der Waals surface area contributed by atoms with Gasteiger partial charge >= 0.3 is 5.97 Å². The van der Waals surface area contributed by atoms with E-state index in [1.165, 1.54) is 0 Å². The molecular weight excluding hydrogens is 294 g/mol. The van der Waals surface area contributed by atoms with E-state index in [1.807, 2.05) is 44.2 Å². The summed E-state index contributed by atoms with van der Waals surface area (Å²) in [5, 5.41) is 2.52. The number of benzene rings is 1. The van der Waals surface area contributed by atoms with Crippen molar-refractivity contribution in [1.82, 2.24) is 5.32 Å². The molecule has 1 rings (SSSR count). The van der Waals surface area contributed by atoms with Gasteiger partial charge in [-0.2, -0.15) is 0 Å². The highest BCUT2D eigenvalue weighted by Gasteiger charge is 2.30. The van der Waals surface area contributed by atoms with Gasteiger partial charge in [-0.3, -0.25) is 9.59 Å². The minimum Gasteiger partial charge on any atom is -0.459 e. The molecule has 1 N–H and O–H groups in total. The van der Waals surface area contributed by atoms with Gasteiger partial charge in [0, 0.05) is 5.92 Å². The summed E-state index contributed by atoms with van der Waals surface area (Å²) in [5.41, 5.74) is 0.869. The molecule has 0 saturated heterocycles. The second-order valence-electron chi connectivity index (χ2n) is 5.95. The molecule has 1 amide bonds. The Labute approximate surface area is 137 Å². The van der Waals surface area contributed by atoms with Crippen molar-refractivity contribution in [1.29, 1.82) is 0 Å². The van der Waals surface area contributed by atoms with Gasteiger partial charge in [-0.1, -0.05) is 64.4 Å². The molecule has 0 spiro atoms. The molecule has 0 bridgehead atoms. The lowest BCUT2D eigenvalue weighted by atomic mass is 9.98. The van der Waals surface area contributed by atoms with Crippen molar-refractivity contribution in [2.45, 2.75) is 46.8 Å². The predicted molar refractivity (Wildman–Crippen MR) is 87.5 cm³/mol. The van der Waals surface area contributed by atoms with Crippen molar-refractivity contribution in [3.63, 3.8) is 0 Å². The van der Waals surface area contributed by atoms with E-state index in [4.69, 9.17) is 4.74 Å². The predicted octanol–water partition coefficient (Wildman–Crippen LogP) is 2.49. The van der Waals surface area contributed by atoms with Crippen LogP contribution in [0.25, 0.3) is 0 Å². The molecule has 0 heterocycles. The minimum atomic E-state index is -0.820. The Morgan fingerprint density at radius 1 is 1.09 bits per heavy atom. The number of esters is 1. The monoisotopic (exact) mass is 319 g/mol. The number of hydrogen-bond acceptors (Lipinski definition) is 4. The first-order chi connectivity index (χ1) is 10.9. The molecule has 2 atom stereocenters. The summed E-state index contributed by atoms with van der Waals surface area (Å²) in [6.07, 6.45) is 0.682. The zero-order valence-corrected chi connectivity index (χ0v) is 14.2. The van der Waals surface area contributed by atoms with Crippen molar-refractivity contribution >= 4 is 17.7 Å². The third-order valence-corrected chi connectivity index (χ3v) is 3.73. The van der Waals surface area contributed by atoms with E-state index in [0.717, 1.165) is 5.56 Å². The van der Waals surface area contributed by atoms with Crippen molar-refractivity contribution < 1.29 is 19.1 Å². The number of ether oxygens (including phenoxy) is 1. The Hall–Kier alpha value is -2.17. The third-order valence-electron chi connectivity index (χ3n) is 3.73. The first-order valence-electron chi connectivity index (χ1n) is 7.92. The lowest BCUT2D eigenvalue weighted by Gasteiger charge is -2.22. The number of amides is 1. The first-order valence-corrected chi connectivity index (χ1v) is 7.92. The standard InChI is InChI=1S/C18H25NO4/c1-5-13(4)15(19-17(21)16(20)12(2)3)18(22)23-11-14-9-7-6-8-10-14/h6-10,12-13,15H,5,11H2,1-4H3,(H,19,21)/t13-,15-/m0/s1. The molecule has 0 aliphatic carbocycles. The topological polar surface area (TPSA) is 72.5 Å². The van der Waals surface area contributed by atoms with E-state index in [1.54, 1.807) is 13.8 Å². The summed E-state index contributed by atoms with van der Waals surface area (Å²) >= 11 is 0. The molecule has 0 aliphatic rings. The van der Waals surface area contributed by atoms with Gasteiger partial charge in [-0.05, 0) is 11.5 Å². The Balaban J connectivity index is 2.71. The van der Waals surface area contributed by atoms with Crippen LogP contribution in [0.4, 0.5) is 0 Å². The fourth-order valence-electron chi connectivity index (χ4n) is 1.96. The Morgan fingerprint density at radius 2 is 1.70 bits per heavy atom. The summed E-state index contributed by atoms with van der Waals surface area (Å²) in [6, 6.07) is 8.49. The average Bonchev–Trinajstić information content (AvgIpc) is 2.56. The first kappa shape index (κ1) is 18.9. The molecule has 5 heteroatoms. The average molecular weight is 319 g/mol. The molecule has 1 aromatic rings. The van der Waals surface area contributed by atoms with E-state index in [2.05, 4.69) is 5.32 Å². The molecule has 0 aliphatic heterocycles. The molecule has 1 aromatic carbocycles. The smallest absolute Gasteiger partial charge is 0.329 e. The molecule has 23 heavy (non-hydrogen) atoms. The van der Waals surface area contributed by atoms with Crippen molar-refractivity contribution in [3.8, 4) is 0 Å².